The lowest BCUT2D eigenvalue weighted by Crippen LogP contribution is -2.47. The van der Waals surface area contributed by atoms with Gasteiger partial charge in [0.25, 0.3) is 0 Å². The molecule has 2 aliphatic rings. The Morgan fingerprint density at radius 1 is 1.15 bits per heavy atom. The van der Waals surface area contributed by atoms with Gasteiger partial charge in [-0.05, 0) is 49.9 Å². The number of rotatable bonds is 6. The van der Waals surface area contributed by atoms with Gasteiger partial charge in [-0.2, -0.15) is 4.31 Å². The number of carbonyl (C=O) groups excluding carboxylic acids is 2. The molecule has 8 nitrogen and oxygen atoms in total. The van der Waals surface area contributed by atoms with Crippen LogP contribution in [-0.4, -0.2) is 56.8 Å². The molecule has 2 N–H and O–H groups in total. The highest BCUT2D eigenvalue weighted by atomic mass is 32.2. The van der Waals surface area contributed by atoms with Gasteiger partial charge in [-0.1, -0.05) is 0 Å². The fourth-order valence-electron chi connectivity index (χ4n) is 2.98. The summed E-state index contributed by atoms with van der Waals surface area (Å²) in [6.07, 6.45) is 3.15. The first-order chi connectivity index (χ1) is 12.4. The van der Waals surface area contributed by atoms with Crippen LogP contribution < -0.4 is 15.4 Å². The van der Waals surface area contributed by atoms with Crippen molar-refractivity contribution in [3.8, 4) is 5.75 Å². The average molecular weight is 381 g/mol. The van der Waals surface area contributed by atoms with E-state index in [4.69, 9.17) is 4.74 Å². The van der Waals surface area contributed by atoms with Crippen molar-refractivity contribution < 1.29 is 22.7 Å². The van der Waals surface area contributed by atoms with Gasteiger partial charge >= 0.3 is 11.8 Å². The minimum atomic E-state index is -3.66. The summed E-state index contributed by atoms with van der Waals surface area (Å²) in [6.45, 7) is 0.509. The molecule has 0 radical (unpaired) electrons. The fourth-order valence-corrected chi connectivity index (χ4v) is 4.67. The van der Waals surface area contributed by atoms with Crippen molar-refractivity contribution in [1.29, 1.82) is 0 Å². The monoisotopic (exact) mass is 381 g/mol. The van der Waals surface area contributed by atoms with Gasteiger partial charge in [0.05, 0.1) is 12.0 Å². The molecule has 26 heavy (non-hydrogen) atoms. The number of sulfonamides is 1. The van der Waals surface area contributed by atoms with Crippen LogP contribution in [-0.2, 0) is 19.6 Å². The summed E-state index contributed by atoms with van der Waals surface area (Å²) in [5.41, 5.74) is 0. The van der Waals surface area contributed by atoms with Crippen LogP contribution in [0.25, 0.3) is 0 Å². The van der Waals surface area contributed by atoms with Crippen LogP contribution in [0.2, 0.25) is 0 Å². The minimum Gasteiger partial charge on any atom is -0.497 e. The lowest BCUT2D eigenvalue weighted by atomic mass is 10.2. The largest absolute Gasteiger partial charge is 0.497 e. The summed E-state index contributed by atoms with van der Waals surface area (Å²) in [4.78, 5) is 23.7. The molecule has 1 aliphatic heterocycles. The summed E-state index contributed by atoms with van der Waals surface area (Å²) >= 11 is 0. The molecule has 2 fully saturated rings. The van der Waals surface area contributed by atoms with Crippen LogP contribution in [0.3, 0.4) is 0 Å². The number of amides is 2. The van der Waals surface area contributed by atoms with Gasteiger partial charge in [-0.15, -0.1) is 0 Å². The quantitative estimate of drug-likeness (QED) is 0.687. The highest BCUT2D eigenvalue weighted by Gasteiger charge is 2.36. The summed E-state index contributed by atoms with van der Waals surface area (Å²) in [7, 11) is -2.15. The van der Waals surface area contributed by atoms with Crippen LogP contribution in [0.15, 0.2) is 29.2 Å². The molecule has 1 aromatic rings. The van der Waals surface area contributed by atoms with Gasteiger partial charge in [0, 0.05) is 25.2 Å². The van der Waals surface area contributed by atoms with E-state index in [0.29, 0.717) is 25.1 Å². The number of nitrogens with one attached hydrogen (secondary N) is 2. The second-order valence-electron chi connectivity index (χ2n) is 6.55. The first kappa shape index (κ1) is 18.7. The molecule has 1 atom stereocenters. The Morgan fingerprint density at radius 3 is 2.46 bits per heavy atom. The van der Waals surface area contributed by atoms with Crippen molar-refractivity contribution in [3.05, 3.63) is 24.3 Å². The van der Waals surface area contributed by atoms with Crippen molar-refractivity contribution in [1.82, 2.24) is 14.9 Å². The molecule has 1 heterocycles. The van der Waals surface area contributed by atoms with Crippen molar-refractivity contribution in [2.45, 2.75) is 42.7 Å². The van der Waals surface area contributed by atoms with E-state index in [1.54, 1.807) is 12.1 Å². The van der Waals surface area contributed by atoms with E-state index < -0.39 is 21.8 Å². The topological polar surface area (TPSA) is 105 Å². The Bertz CT molecular complexity index is 774. The molecular formula is C17H23N3O5S. The van der Waals surface area contributed by atoms with Gasteiger partial charge in [0.1, 0.15) is 5.75 Å². The van der Waals surface area contributed by atoms with Crippen LogP contribution in [0, 0.1) is 0 Å². The third-order valence-electron chi connectivity index (χ3n) is 4.61. The standard InChI is InChI=1S/C17H23N3O5S/c1-25-14-6-8-15(9-7-14)26(23,24)20-10-2-3-13(20)11-18-16(21)17(22)19-12-4-5-12/h6-9,12-13H,2-5,10-11H2,1H3,(H,18,21)(H,19,22)/t13-/m1/s1. The summed E-state index contributed by atoms with van der Waals surface area (Å²) < 4.78 is 32.2. The zero-order chi connectivity index (χ0) is 18.7. The van der Waals surface area contributed by atoms with Crippen molar-refractivity contribution in [2.24, 2.45) is 0 Å². The summed E-state index contributed by atoms with van der Waals surface area (Å²) in [6, 6.07) is 5.95. The number of methoxy groups -OCH3 is 1. The third kappa shape index (κ3) is 4.16. The van der Waals surface area contributed by atoms with E-state index in [9.17, 15) is 18.0 Å². The lowest BCUT2D eigenvalue weighted by Gasteiger charge is -2.24. The number of carbonyl (C=O) groups is 2. The fraction of sp³-hybridized carbons (Fsp3) is 0.529. The Kier molecular flexibility index (Phi) is 5.47. The SMILES string of the molecule is COc1ccc(S(=O)(=O)N2CCC[C@@H]2CNC(=O)C(=O)NC2CC2)cc1. The van der Waals surface area contributed by atoms with E-state index >= 15 is 0 Å². The highest BCUT2D eigenvalue weighted by molar-refractivity contribution is 7.89. The molecule has 1 saturated heterocycles. The molecule has 2 amide bonds. The Hall–Kier alpha value is -2.13. The zero-order valence-corrected chi connectivity index (χ0v) is 15.4. The van der Waals surface area contributed by atoms with Crippen LogP contribution in [0.1, 0.15) is 25.7 Å². The minimum absolute atomic E-state index is 0.103. The van der Waals surface area contributed by atoms with E-state index in [-0.39, 0.29) is 23.5 Å². The van der Waals surface area contributed by atoms with Crippen molar-refractivity contribution in [2.75, 3.05) is 20.2 Å². The maximum absolute atomic E-state index is 12.9. The molecule has 0 bridgehead atoms. The Labute approximate surface area is 152 Å². The molecule has 0 unspecified atom stereocenters. The smallest absolute Gasteiger partial charge is 0.309 e. The Balaban J connectivity index is 1.62. The van der Waals surface area contributed by atoms with E-state index in [0.717, 1.165) is 12.8 Å². The number of hydrogen-bond donors (Lipinski definition) is 2. The van der Waals surface area contributed by atoms with E-state index in [1.807, 2.05) is 0 Å². The highest BCUT2D eigenvalue weighted by Crippen LogP contribution is 2.27. The zero-order valence-electron chi connectivity index (χ0n) is 14.6. The first-order valence-corrected chi connectivity index (χ1v) is 10.1. The molecule has 0 aromatic heterocycles. The predicted octanol–water partition coefficient (Wildman–Crippen LogP) is 0.243. The summed E-state index contributed by atoms with van der Waals surface area (Å²) in [5.74, 6) is -0.795. The van der Waals surface area contributed by atoms with Crippen molar-refractivity contribution in [3.63, 3.8) is 0 Å². The van der Waals surface area contributed by atoms with Gasteiger partial charge in [-0.3, -0.25) is 9.59 Å². The van der Waals surface area contributed by atoms with Crippen LogP contribution >= 0.6 is 0 Å². The number of ether oxygens (including phenoxy) is 1. The number of benzene rings is 1. The Morgan fingerprint density at radius 2 is 1.85 bits per heavy atom. The van der Waals surface area contributed by atoms with E-state index in [2.05, 4.69) is 10.6 Å². The number of hydrogen-bond acceptors (Lipinski definition) is 5. The van der Waals surface area contributed by atoms with E-state index in [1.165, 1.54) is 23.5 Å². The maximum atomic E-state index is 12.9. The van der Waals surface area contributed by atoms with Crippen molar-refractivity contribution >= 4 is 21.8 Å². The summed E-state index contributed by atoms with van der Waals surface area (Å²) in [5, 5.41) is 5.16. The van der Waals surface area contributed by atoms with Gasteiger partial charge in [0.15, 0.2) is 0 Å². The second kappa shape index (κ2) is 7.63. The average Bonchev–Trinajstić information content (AvgIpc) is 3.32. The van der Waals surface area contributed by atoms with Gasteiger partial charge in [-0.25, -0.2) is 8.42 Å². The van der Waals surface area contributed by atoms with Gasteiger partial charge < -0.3 is 15.4 Å². The number of nitrogens with zero attached hydrogens (tertiary/aromatic N) is 1. The normalized spacial score (nSPS) is 20.6. The molecule has 9 heteroatoms. The first-order valence-electron chi connectivity index (χ1n) is 8.66. The van der Waals surface area contributed by atoms with Gasteiger partial charge in [0.2, 0.25) is 10.0 Å². The molecule has 1 aromatic carbocycles. The third-order valence-corrected chi connectivity index (χ3v) is 6.57. The molecule has 3 rings (SSSR count). The maximum Gasteiger partial charge on any atom is 0.309 e. The molecule has 142 valence electrons. The molecule has 0 spiro atoms. The lowest BCUT2D eigenvalue weighted by molar-refractivity contribution is -0.139. The second-order valence-corrected chi connectivity index (χ2v) is 8.44. The predicted molar refractivity (Wildman–Crippen MR) is 94.1 cm³/mol. The molecular weight excluding hydrogens is 358 g/mol. The molecule has 1 aliphatic carbocycles. The molecule has 1 saturated carbocycles. The van der Waals surface area contributed by atoms with Crippen LogP contribution in [0.5, 0.6) is 5.75 Å². The van der Waals surface area contributed by atoms with Crippen LogP contribution in [0.4, 0.5) is 0 Å².